The highest BCUT2D eigenvalue weighted by Gasteiger charge is 2.39. The van der Waals surface area contributed by atoms with Crippen LogP contribution in [0, 0.1) is 11.8 Å². The Kier molecular flexibility index (Phi) is 5.83. The molecule has 1 fully saturated rings. The fourth-order valence-corrected chi connectivity index (χ4v) is 4.65. The van der Waals surface area contributed by atoms with Crippen molar-refractivity contribution in [1.82, 2.24) is 0 Å². The molecule has 1 rings (SSSR count). The van der Waals surface area contributed by atoms with E-state index in [0.29, 0.717) is 24.7 Å². The molecule has 0 saturated heterocycles. The first-order chi connectivity index (χ1) is 9.42. The maximum atomic E-state index is 12.5. The standard InChI is InChI=1S/C15H29NO4S/c1-10(2)11-6-7-12(16)13(8-11)21(18,19)9-14(17)20-15(3,4)5/h10-13H,6-9,16H2,1-5H3. The Bertz CT molecular complexity index is 465. The molecule has 3 atom stereocenters. The maximum absolute atomic E-state index is 12.5. The molecule has 0 heterocycles. The molecule has 1 aliphatic rings. The molecule has 0 aliphatic heterocycles. The predicted molar refractivity (Wildman–Crippen MR) is 83.6 cm³/mol. The van der Waals surface area contributed by atoms with Crippen LogP contribution in [0.25, 0.3) is 0 Å². The number of carbonyl (C=O) groups is 1. The average Bonchev–Trinajstić information content (AvgIpc) is 2.24. The minimum Gasteiger partial charge on any atom is -0.459 e. The number of ether oxygens (including phenoxy) is 1. The van der Waals surface area contributed by atoms with Gasteiger partial charge in [0.05, 0.1) is 5.25 Å². The first-order valence-corrected chi connectivity index (χ1v) is 9.33. The van der Waals surface area contributed by atoms with Crippen LogP contribution >= 0.6 is 0 Å². The summed E-state index contributed by atoms with van der Waals surface area (Å²) in [6.45, 7) is 9.36. The van der Waals surface area contributed by atoms with Gasteiger partial charge in [-0.05, 0) is 51.9 Å². The van der Waals surface area contributed by atoms with Gasteiger partial charge in [0.2, 0.25) is 0 Å². The highest BCUT2D eigenvalue weighted by molar-refractivity contribution is 7.92. The summed E-state index contributed by atoms with van der Waals surface area (Å²) in [6.07, 6.45) is 2.20. The summed E-state index contributed by atoms with van der Waals surface area (Å²) in [4.78, 5) is 11.8. The lowest BCUT2D eigenvalue weighted by atomic mass is 9.79. The van der Waals surface area contributed by atoms with E-state index in [4.69, 9.17) is 10.5 Å². The Balaban J connectivity index is 2.78. The number of sulfone groups is 1. The number of esters is 1. The summed E-state index contributed by atoms with van der Waals surface area (Å²) in [6, 6.07) is -0.382. The van der Waals surface area contributed by atoms with Crippen molar-refractivity contribution >= 4 is 15.8 Å². The van der Waals surface area contributed by atoms with Crippen LogP contribution in [0.1, 0.15) is 53.9 Å². The molecule has 1 aliphatic carbocycles. The molecule has 2 N–H and O–H groups in total. The Morgan fingerprint density at radius 1 is 1.29 bits per heavy atom. The van der Waals surface area contributed by atoms with E-state index >= 15 is 0 Å². The van der Waals surface area contributed by atoms with Crippen molar-refractivity contribution in [2.75, 3.05) is 5.75 Å². The van der Waals surface area contributed by atoms with Gasteiger partial charge >= 0.3 is 5.97 Å². The van der Waals surface area contributed by atoms with E-state index in [1.54, 1.807) is 20.8 Å². The summed E-state index contributed by atoms with van der Waals surface area (Å²) in [7, 11) is -3.57. The summed E-state index contributed by atoms with van der Waals surface area (Å²) in [5.74, 6) is -0.491. The van der Waals surface area contributed by atoms with E-state index in [1.165, 1.54) is 0 Å². The largest absolute Gasteiger partial charge is 0.459 e. The Labute approximate surface area is 128 Å². The first-order valence-electron chi connectivity index (χ1n) is 7.61. The molecule has 5 nitrogen and oxygen atoms in total. The molecule has 0 aromatic heterocycles. The number of hydrogen-bond donors (Lipinski definition) is 1. The molecule has 0 amide bonds. The van der Waals surface area contributed by atoms with E-state index in [0.717, 1.165) is 6.42 Å². The third-order valence-corrected chi connectivity index (χ3v) is 6.13. The zero-order valence-corrected chi connectivity index (χ0v) is 14.6. The van der Waals surface area contributed by atoms with Crippen LogP contribution in [0.15, 0.2) is 0 Å². The molecule has 1 saturated carbocycles. The lowest BCUT2D eigenvalue weighted by Crippen LogP contribution is -2.48. The topological polar surface area (TPSA) is 86.5 Å². The Morgan fingerprint density at radius 2 is 1.86 bits per heavy atom. The Morgan fingerprint density at radius 3 is 2.33 bits per heavy atom. The molecule has 0 bridgehead atoms. The van der Waals surface area contributed by atoms with Crippen molar-refractivity contribution < 1.29 is 17.9 Å². The number of hydrogen-bond acceptors (Lipinski definition) is 5. The first kappa shape index (κ1) is 18.4. The summed E-state index contributed by atoms with van der Waals surface area (Å²) >= 11 is 0. The van der Waals surface area contributed by atoms with Crippen molar-refractivity contribution in [3.8, 4) is 0 Å². The molecule has 0 aromatic carbocycles. The van der Waals surface area contributed by atoms with Gasteiger partial charge in [-0.3, -0.25) is 4.79 Å². The molecule has 0 spiro atoms. The van der Waals surface area contributed by atoms with Gasteiger partial charge in [0.15, 0.2) is 9.84 Å². The maximum Gasteiger partial charge on any atom is 0.321 e. The monoisotopic (exact) mass is 319 g/mol. The second kappa shape index (κ2) is 6.65. The fourth-order valence-electron chi connectivity index (χ4n) is 2.84. The van der Waals surface area contributed by atoms with Crippen LogP contribution < -0.4 is 5.73 Å². The van der Waals surface area contributed by atoms with Crippen molar-refractivity contribution in [3.05, 3.63) is 0 Å². The predicted octanol–water partition coefficient (Wildman–Crippen LogP) is 1.89. The van der Waals surface area contributed by atoms with E-state index in [1.807, 2.05) is 0 Å². The van der Waals surface area contributed by atoms with Crippen molar-refractivity contribution in [2.24, 2.45) is 17.6 Å². The summed E-state index contributed by atoms with van der Waals surface area (Å²) in [5.41, 5.74) is 5.32. The van der Waals surface area contributed by atoms with E-state index in [9.17, 15) is 13.2 Å². The zero-order chi connectivity index (χ0) is 16.4. The van der Waals surface area contributed by atoms with E-state index in [2.05, 4.69) is 13.8 Å². The quantitative estimate of drug-likeness (QED) is 0.800. The number of carbonyl (C=O) groups excluding carboxylic acids is 1. The van der Waals surface area contributed by atoms with Gasteiger partial charge in [-0.1, -0.05) is 13.8 Å². The second-order valence-corrected chi connectivity index (χ2v) is 9.63. The van der Waals surface area contributed by atoms with E-state index in [-0.39, 0.29) is 6.04 Å². The highest BCUT2D eigenvalue weighted by atomic mass is 32.2. The van der Waals surface area contributed by atoms with Gasteiger partial charge in [-0.15, -0.1) is 0 Å². The van der Waals surface area contributed by atoms with Crippen molar-refractivity contribution in [3.63, 3.8) is 0 Å². The smallest absolute Gasteiger partial charge is 0.321 e. The molecular formula is C15H29NO4S. The average molecular weight is 319 g/mol. The third kappa shape index (κ3) is 5.58. The molecule has 6 heteroatoms. The molecule has 0 radical (unpaired) electrons. The third-order valence-electron chi connectivity index (χ3n) is 4.03. The minimum absolute atomic E-state index is 0.350. The van der Waals surface area contributed by atoms with Gasteiger partial charge in [-0.2, -0.15) is 0 Å². The second-order valence-electron chi connectivity index (χ2n) is 7.41. The van der Waals surface area contributed by atoms with Gasteiger partial charge in [-0.25, -0.2) is 8.42 Å². The van der Waals surface area contributed by atoms with Crippen molar-refractivity contribution in [1.29, 1.82) is 0 Å². The molecule has 21 heavy (non-hydrogen) atoms. The van der Waals surface area contributed by atoms with Crippen LogP contribution in [0.4, 0.5) is 0 Å². The molecule has 124 valence electrons. The normalized spacial score (nSPS) is 27.7. The van der Waals surface area contributed by atoms with Crippen LogP contribution in [-0.4, -0.2) is 37.0 Å². The van der Waals surface area contributed by atoms with Crippen LogP contribution in [0.5, 0.6) is 0 Å². The van der Waals surface area contributed by atoms with Gasteiger partial charge in [0, 0.05) is 6.04 Å². The lowest BCUT2D eigenvalue weighted by molar-refractivity contribution is -0.151. The van der Waals surface area contributed by atoms with Crippen molar-refractivity contribution in [2.45, 2.75) is 70.8 Å². The summed E-state index contributed by atoms with van der Waals surface area (Å²) < 4.78 is 30.1. The Hall–Kier alpha value is -0.620. The summed E-state index contributed by atoms with van der Waals surface area (Å²) in [5, 5.41) is -0.633. The fraction of sp³-hybridized carbons (Fsp3) is 0.933. The zero-order valence-electron chi connectivity index (χ0n) is 13.8. The van der Waals surface area contributed by atoms with E-state index < -0.39 is 32.4 Å². The molecule has 3 unspecified atom stereocenters. The van der Waals surface area contributed by atoms with Crippen LogP contribution in [0.3, 0.4) is 0 Å². The number of nitrogens with two attached hydrogens (primary N) is 1. The minimum atomic E-state index is -3.57. The molecular weight excluding hydrogens is 290 g/mol. The lowest BCUT2D eigenvalue weighted by Gasteiger charge is -2.35. The van der Waals surface area contributed by atoms with Gasteiger partial charge in [0.1, 0.15) is 11.4 Å². The van der Waals surface area contributed by atoms with Gasteiger partial charge in [0.25, 0.3) is 0 Å². The van der Waals surface area contributed by atoms with Gasteiger partial charge < -0.3 is 10.5 Å². The van der Waals surface area contributed by atoms with Crippen LogP contribution in [-0.2, 0) is 19.4 Å². The SMILES string of the molecule is CC(C)C1CCC(N)C(S(=O)(=O)CC(=O)OC(C)(C)C)C1. The van der Waals surface area contributed by atoms with Crippen LogP contribution in [0.2, 0.25) is 0 Å². The molecule has 0 aromatic rings. The number of rotatable bonds is 4. The highest BCUT2D eigenvalue weighted by Crippen LogP contribution is 2.33.